The molecule has 0 unspecified atom stereocenters. The van der Waals surface area contributed by atoms with Gasteiger partial charge < -0.3 is 0 Å². The van der Waals surface area contributed by atoms with Crippen LogP contribution in [-0.2, 0) is 0 Å². The van der Waals surface area contributed by atoms with Gasteiger partial charge in [-0.1, -0.05) is 0 Å². The van der Waals surface area contributed by atoms with Gasteiger partial charge in [0.25, 0.3) is 0 Å². The minimum atomic E-state index is -0.913. The van der Waals surface area contributed by atoms with Crippen LogP contribution in [0.3, 0.4) is 0 Å². The molecule has 0 N–H and O–H groups in total. The van der Waals surface area contributed by atoms with Crippen LogP contribution in [0, 0.1) is 0 Å². The molecule has 0 atom stereocenters. The Labute approximate surface area is 66.8 Å². The van der Waals surface area contributed by atoms with E-state index in [-0.39, 0.29) is 0 Å². The molecule has 0 aromatic heterocycles. The monoisotopic (exact) mass is 235 g/mol. The van der Waals surface area contributed by atoms with E-state index in [4.69, 9.17) is 0 Å². The first-order chi connectivity index (χ1) is 4.02. The second-order valence-corrected chi connectivity index (χ2v) is 15.3. The van der Waals surface area contributed by atoms with Crippen LogP contribution in [0.15, 0.2) is 0 Å². The maximum atomic E-state index is 2.41. The molecule has 0 saturated heterocycles. The summed E-state index contributed by atoms with van der Waals surface area (Å²) >= 11 is -0.913. The van der Waals surface area contributed by atoms with Gasteiger partial charge in [0.1, 0.15) is 0 Å². The quantitative estimate of drug-likeness (QED) is 0.643. The van der Waals surface area contributed by atoms with E-state index in [9.17, 15) is 0 Å². The van der Waals surface area contributed by atoms with Crippen LogP contribution >= 0.6 is 0 Å². The summed E-state index contributed by atoms with van der Waals surface area (Å²) in [5.41, 5.74) is 0. The molecular weight excluding hydrogens is 215 g/mol. The van der Waals surface area contributed by atoms with E-state index < -0.39 is 19.8 Å². The molecule has 0 bridgehead atoms. The molecule has 0 nitrogen and oxygen atoms in total. The molecule has 0 aromatic rings. The van der Waals surface area contributed by atoms with Gasteiger partial charge in [0.05, 0.1) is 0 Å². The molecule has 1 radical (unpaired) electrons. The van der Waals surface area contributed by atoms with Gasteiger partial charge in [0.2, 0.25) is 0 Å². The predicted molar refractivity (Wildman–Crippen MR) is 46.4 cm³/mol. The van der Waals surface area contributed by atoms with Crippen LogP contribution in [0.2, 0.25) is 12.3 Å². The van der Waals surface area contributed by atoms with E-state index >= 15 is 0 Å². The Kier molecular flexibility index (Phi) is 4.19. The van der Waals surface area contributed by atoms with Gasteiger partial charge in [-0.15, -0.1) is 0 Å². The Balaban J connectivity index is 3.79. The van der Waals surface area contributed by atoms with Crippen LogP contribution in [-0.4, -0.2) is 19.8 Å². The SMILES string of the molecule is C[CH2][Sn]([CH2]C)[C](C)(C)C. The fourth-order valence-corrected chi connectivity index (χ4v) is 8.79. The predicted octanol–water partition coefficient (Wildman–Crippen LogP) is 3.32. The average molecular weight is 234 g/mol. The Hall–Kier alpha value is 0.799. The molecule has 9 heavy (non-hydrogen) atoms. The van der Waals surface area contributed by atoms with E-state index in [2.05, 4.69) is 34.6 Å². The van der Waals surface area contributed by atoms with Gasteiger partial charge in [-0.05, 0) is 0 Å². The normalized spacial score (nSPS) is 12.7. The molecular formula is C8H19Sn. The molecule has 0 amide bonds. The van der Waals surface area contributed by atoms with Crippen molar-refractivity contribution >= 4 is 19.8 Å². The second kappa shape index (κ2) is 3.84. The van der Waals surface area contributed by atoms with Gasteiger partial charge in [-0.25, -0.2) is 0 Å². The first-order valence-electron chi connectivity index (χ1n) is 3.87. The topological polar surface area (TPSA) is 0 Å². The molecule has 0 spiro atoms. The standard InChI is InChI=1S/C4H9.2C2H5.Sn/c1-4(2)3;2*1-2;/h1-3H3;2*1H2,2H3;. The second-order valence-electron chi connectivity index (χ2n) is 3.56. The van der Waals surface area contributed by atoms with Crippen LogP contribution in [0.1, 0.15) is 34.6 Å². The molecule has 55 valence electrons. The maximum absolute atomic E-state index is 2.41. The Morgan fingerprint density at radius 1 is 1.00 bits per heavy atom. The van der Waals surface area contributed by atoms with Gasteiger partial charge in [-0.3, -0.25) is 0 Å². The van der Waals surface area contributed by atoms with E-state index in [1.54, 1.807) is 0 Å². The summed E-state index contributed by atoms with van der Waals surface area (Å²) in [6.45, 7) is 12.0. The third-order valence-electron chi connectivity index (χ3n) is 1.91. The Morgan fingerprint density at radius 3 is 1.33 bits per heavy atom. The van der Waals surface area contributed by atoms with Crippen LogP contribution in [0.25, 0.3) is 0 Å². The molecule has 0 aliphatic heterocycles. The first kappa shape index (κ1) is 9.80. The van der Waals surface area contributed by atoms with Crippen molar-refractivity contribution in [1.29, 1.82) is 0 Å². The van der Waals surface area contributed by atoms with Crippen molar-refractivity contribution in [3.63, 3.8) is 0 Å². The third-order valence-corrected chi connectivity index (χ3v) is 12.8. The van der Waals surface area contributed by atoms with E-state index in [0.717, 1.165) is 0 Å². The van der Waals surface area contributed by atoms with Gasteiger partial charge in [-0.2, -0.15) is 0 Å². The Bertz CT molecular complexity index is 67.1. The Morgan fingerprint density at radius 2 is 1.33 bits per heavy atom. The minimum absolute atomic E-state index is 0.714. The summed E-state index contributed by atoms with van der Waals surface area (Å²) in [5, 5.41) is 0. The number of hydrogen-bond donors (Lipinski definition) is 0. The first-order valence-corrected chi connectivity index (χ1v) is 9.33. The van der Waals surface area contributed by atoms with E-state index in [1.807, 2.05) is 0 Å². The summed E-state index contributed by atoms with van der Waals surface area (Å²) in [7, 11) is 0. The molecule has 0 aliphatic carbocycles. The van der Waals surface area contributed by atoms with Crippen LogP contribution < -0.4 is 0 Å². The third kappa shape index (κ3) is 3.49. The number of hydrogen-bond acceptors (Lipinski definition) is 0. The van der Waals surface area contributed by atoms with Gasteiger partial charge in [0, 0.05) is 0 Å². The summed E-state index contributed by atoms with van der Waals surface area (Å²) in [5.74, 6) is 0. The fourth-order valence-electron chi connectivity index (χ4n) is 1.31. The molecule has 0 rings (SSSR count). The van der Waals surface area contributed by atoms with Crippen LogP contribution in [0.4, 0.5) is 0 Å². The van der Waals surface area contributed by atoms with Crippen molar-refractivity contribution < 1.29 is 0 Å². The van der Waals surface area contributed by atoms with Gasteiger partial charge in [0.15, 0.2) is 0 Å². The zero-order chi connectivity index (χ0) is 7.49. The molecule has 0 aromatic carbocycles. The molecule has 0 saturated carbocycles. The molecule has 0 heterocycles. The molecule has 1 heteroatoms. The van der Waals surface area contributed by atoms with Crippen molar-refractivity contribution in [1.82, 2.24) is 0 Å². The van der Waals surface area contributed by atoms with Crippen molar-refractivity contribution in [3.8, 4) is 0 Å². The summed E-state index contributed by atoms with van der Waals surface area (Å²) in [4.78, 5) is 0. The van der Waals surface area contributed by atoms with Crippen LogP contribution in [0.5, 0.6) is 0 Å². The summed E-state index contributed by atoms with van der Waals surface area (Å²) < 4.78 is 3.75. The summed E-state index contributed by atoms with van der Waals surface area (Å²) in [6, 6.07) is 0. The number of rotatable bonds is 2. The zero-order valence-corrected chi connectivity index (χ0v) is 10.3. The van der Waals surface area contributed by atoms with E-state index in [0.29, 0.717) is 3.43 Å². The van der Waals surface area contributed by atoms with E-state index in [1.165, 1.54) is 8.87 Å². The van der Waals surface area contributed by atoms with Gasteiger partial charge >= 0.3 is 66.7 Å². The summed E-state index contributed by atoms with van der Waals surface area (Å²) in [6.07, 6.45) is 0. The molecule has 0 fully saturated rings. The van der Waals surface area contributed by atoms with Crippen molar-refractivity contribution in [2.45, 2.75) is 46.9 Å². The zero-order valence-electron chi connectivity index (χ0n) is 7.41. The molecule has 0 aliphatic rings. The fraction of sp³-hybridized carbons (Fsp3) is 1.00. The average Bonchev–Trinajstić information content (AvgIpc) is 1.65. The van der Waals surface area contributed by atoms with Crippen molar-refractivity contribution in [2.75, 3.05) is 0 Å². The van der Waals surface area contributed by atoms with Crippen molar-refractivity contribution in [2.24, 2.45) is 0 Å². The van der Waals surface area contributed by atoms with Crippen molar-refractivity contribution in [3.05, 3.63) is 0 Å².